The maximum Gasteiger partial charge on any atom is -0.00137 e. The van der Waals surface area contributed by atoms with Crippen LogP contribution in [0.2, 0.25) is 0 Å². The second-order valence-electron chi connectivity index (χ2n) is 6.20. The Balaban J connectivity index is 1.78. The first-order chi connectivity index (χ1) is 10.9. The zero-order valence-corrected chi connectivity index (χ0v) is 12.3. The van der Waals surface area contributed by atoms with E-state index in [1.807, 2.05) is 0 Å². The molecule has 0 saturated carbocycles. The van der Waals surface area contributed by atoms with Gasteiger partial charge in [-0.2, -0.15) is 0 Å². The topological polar surface area (TPSA) is 0 Å². The minimum absolute atomic E-state index is 1.05. The molecule has 0 N–H and O–H groups in total. The summed E-state index contributed by atoms with van der Waals surface area (Å²) in [6.45, 7) is 0. The van der Waals surface area contributed by atoms with Crippen molar-refractivity contribution >= 4 is 21.5 Å². The Bertz CT molecular complexity index is 939. The molecule has 0 unspecified atom stereocenters. The van der Waals surface area contributed by atoms with Gasteiger partial charge in [0.2, 0.25) is 0 Å². The summed E-state index contributed by atoms with van der Waals surface area (Å²) in [4.78, 5) is 0. The van der Waals surface area contributed by atoms with Crippen molar-refractivity contribution in [2.75, 3.05) is 0 Å². The Morgan fingerprint density at radius 2 is 0.909 bits per heavy atom. The fraction of sp³-hybridized carbons (Fsp3) is 0.0909. The van der Waals surface area contributed by atoms with Gasteiger partial charge >= 0.3 is 0 Å². The van der Waals surface area contributed by atoms with Gasteiger partial charge in [-0.05, 0) is 56.6 Å². The average molecular weight is 280 g/mol. The van der Waals surface area contributed by atoms with Crippen molar-refractivity contribution in [2.24, 2.45) is 0 Å². The first kappa shape index (κ1) is 12.0. The van der Waals surface area contributed by atoms with Crippen LogP contribution in [-0.2, 0) is 12.8 Å². The van der Waals surface area contributed by atoms with Crippen LogP contribution in [0.25, 0.3) is 21.5 Å². The number of benzene rings is 4. The van der Waals surface area contributed by atoms with Gasteiger partial charge in [-0.1, -0.05) is 72.8 Å². The summed E-state index contributed by atoms with van der Waals surface area (Å²) in [7, 11) is 0. The quantitative estimate of drug-likeness (QED) is 0.352. The fourth-order valence-corrected chi connectivity index (χ4v) is 3.89. The molecule has 0 atom stereocenters. The Morgan fingerprint density at radius 3 is 1.41 bits per heavy atom. The van der Waals surface area contributed by atoms with Crippen molar-refractivity contribution in [3.63, 3.8) is 0 Å². The van der Waals surface area contributed by atoms with E-state index in [1.165, 1.54) is 43.8 Å². The Morgan fingerprint density at radius 1 is 0.455 bits per heavy atom. The maximum absolute atomic E-state index is 2.32. The molecule has 22 heavy (non-hydrogen) atoms. The summed E-state index contributed by atoms with van der Waals surface area (Å²) >= 11 is 0. The third-order valence-corrected chi connectivity index (χ3v) is 5.01. The molecule has 0 aromatic heterocycles. The highest BCUT2D eigenvalue weighted by Gasteiger charge is 2.18. The van der Waals surface area contributed by atoms with Crippen molar-refractivity contribution in [3.05, 3.63) is 95.1 Å². The molecule has 0 heterocycles. The first-order valence-electron chi connectivity index (χ1n) is 7.89. The Hall–Kier alpha value is -2.60. The van der Waals surface area contributed by atoms with E-state index in [0.29, 0.717) is 0 Å². The van der Waals surface area contributed by atoms with Crippen molar-refractivity contribution < 1.29 is 0 Å². The predicted octanol–water partition coefficient (Wildman–Crippen LogP) is 5.49. The van der Waals surface area contributed by atoms with Crippen LogP contribution in [0, 0.1) is 0 Å². The molecule has 4 aromatic rings. The zero-order chi connectivity index (χ0) is 14.5. The highest BCUT2D eigenvalue weighted by Crippen LogP contribution is 2.35. The van der Waals surface area contributed by atoms with E-state index in [-0.39, 0.29) is 0 Å². The molecule has 0 radical (unpaired) electrons. The van der Waals surface area contributed by atoms with E-state index in [1.54, 1.807) is 0 Å². The largest absolute Gasteiger partial charge is 0.0616 e. The minimum atomic E-state index is 1.05. The monoisotopic (exact) mass is 280 g/mol. The third-order valence-electron chi connectivity index (χ3n) is 5.01. The summed E-state index contributed by atoms with van der Waals surface area (Å²) in [5.41, 5.74) is 6.01. The molecule has 1 aliphatic carbocycles. The summed E-state index contributed by atoms with van der Waals surface area (Å²) in [6, 6.07) is 26.7. The van der Waals surface area contributed by atoms with Crippen LogP contribution in [0.1, 0.15) is 22.3 Å². The van der Waals surface area contributed by atoms with Crippen molar-refractivity contribution in [2.45, 2.75) is 12.8 Å². The molecule has 0 bridgehead atoms. The van der Waals surface area contributed by atoms with Crippen LogP contribution < -0.4 is 0 Å². The predicted molar refractivity (Wildman–Crippen MR) is 93.5 cm³/mol. The SMILES string of the molecule is c1ccc2c3c(ccc2c1)Cc1c(ccc2ccccc12)C3. The molecule has 1 aliphatic rings. The van der Waals surface area contributed by atoms with Gasteiger partial charge in [0.25, 0.3) is 0 Å². The molecule has 4 aromatic carbocycles. The van der Waals surface area contributed by atoms with Crippen LogP contribution in [0.15, 0.2) is 72.8 Å². The molecular formula is C22H16. The van der Waals surface area contributed by atoms with E-state index < -0.39 is 0 Å². The summed E-state index contributed by atoms with van der Waals surface area (Å²) in [6.07, 6.45) is 2.10. The van der Waals surface area contributed by atoms with Gasteiger partial charge in [-0.3, -0.25) is 0 Å². The molecule has 5 rings (SSSR count). The van der Waals surface area contributed by atoms with Crippen molar-refractivity contribution in [3.8, 4) is 0 Å². The second kappa shape index (κ2) is 4.45. The summed E-state index contributed by atoms with van der Waals surface area (Å²) in [5.74, 6) is 0. The number of rotatable bonds is 0. The van der Waals surface area contributed by atoms with E-state index in [9.17, 15) is 0 Å². The van der Waals surface area contributed by atoms with Gasteiger partial charge in [0.05, 0.1) is 0 Å². The van der Waals surface area contributed by atoms with Crippen LogP contribution in [0.5, 0.6) is 0 Å². The van der Waals surface area contributed by atoms with Gasteiger partial charge in [-0.15, -0.1) is 0 Å². The molecule has 0 aliphatic heterocycles. The van der Waals surface area contributed by atoms with Gasteiger partial charge in [-0.25, -0.2) is 0 Å². The normalized spacial score (nSPS) is 13.1. The molecule has 0 nitrogen and oxygen atoms in total. The Labute approximate surface area is 130 Å². The first-order valence-corrected chi connectivity index (χ1v) is 7.89. The summed E-state index contributed by atoms with van der Waals surface area (Å²) < 4.78 is 0. The van der Waals surface area contributed by atoms with Crippen molar-refractivity contribution in [1.82, 2.24) is 0 Å². The number of fused-ring (bicyclic) bond motifs is 6. The maximum atomic E-state index is 2.32. The molecule has 104 valence electrons. The average Bonchev–Trinajstić information content (AvgIpc) is 2.60. The number of hydrogen-bond donors (Lipinski definition) is 0. The summed E-state index contributed by atoms with van der Waals surface area (Å²) in [5, 5.41) is 5.54. The van der Waals surface area contributed by atoms with Crippen LogP contribution in [0.4, 0.5) is 0 Å². The lowest BCUT2D eigenvalue weighted by molar-refractivity contribution is 1.03. The van der Waals surface area contributed by atoms with E-state index in [0.717, 1.165) is 12.8 Å². The standard InChI is InChI=1S/C22H16/c1-3-7-19-15(5-1)9-11-17-14-22-18(13-21(17)19)12-10-16-6-2-4-8-20(16)22/h1-12H,13-14H2. The lowest BCUT2D eigenvalue weighted by Gasteiger charge is -2.23. The minimum Gasteiger partial charge on any atom is -0.0616 e. The highest BCUT2D eigenvalue weighted by molar-refractivity contribution is 5.91. The molecule has 0 fully saturated rings. The highest BCUT2D eigenvalue weighted by atomic mass is 14.2. The van der Waals surface area contributed by atoms with Gasteiger partial charge in [0, 0.05) is 0 Å². The van der Waals surface area contributed by atoms with Crippen LogP contribution in [-0.4, -0.2) is 0 Å². The molecule has 0 heteroatoms. The van der Waals surface area contributed by atoms with Gasteiger partial charge in [0.15, 0.2) is 0 Å². The second-order valence-corrected chi connectivity index (χ2v) is 6.20. The molecular weight excluding hydrogens is 264 g/mol. The van der Waals surface area contributed by atoms with E-state index >= 15 is 0 Å². The van der Waals surface area contributed by atoms with E-state index in [2.05, 4.69) is 72.8 Å². The molecule has 0 spiro atoms. The van der Waals surface area contributed by atoms with Crippen LogP contribution >= 0.6 is 0 Å². The lowest BCUT2D eigenvalue weighted by atomic mass is 9.81. The van der Waals surface area contributed by atoms with E-state index in [4.69, 9.17) is 0 Å². The number of hydrogen-bond acceptors (Lipinski definition) is 0. The van der Waals surface area contributed by atoms with Gasteiger partial charge in [0.1, 0.15) is 0 Å². The third kappa shape index (κ3) is 1.64. The fourth-order valence-electron chi connectivity index (χ4n) is 3.89. The van der Waals surface area contributed by atoms with Gasteiger partial charge < -0.3 is 0 Å². The van der Waals surface area contributed by atoms with Crippen molar-refractivity contribution in [1.29, 1.82) is 0 Å². The lowest BCUT2D eigenvalue weighted by Crippen LogP contribution is -2.08. The van der Waals surface area contributed by atoms with Crippen LogP contribution in [0.3, 0.4) is 0 Å². The molecule has 0 amide bonds. The molecule has 0 saturated heterocycles. The Kier molecular flexibility index (Phi) is 2.42. The zero-order valence-electron chi connectivity index (χ0n) is 12.3. The smallest absolute Gasteiger partial charge is 0.00137 e.